The molecule has 172 valence electrons. The third-order valence-corrected chi connectivity index (χ3v) is 9.18. The van der Waals surface area contributed by atoms with Crippen LogP contribution in [0.25, 0.3) is 0 Å². The Morgan fingerprint density at radius 2 is 1.84 bits per heavy atom. The van der Waals surface area contributed by atoms with Crippen LogP contribution in [0.2, 0.25) is 5.02 Å². The monoisotopic (exact) mass is 484 g/mol. The molecule has 5 nitrogen and oxygen atoms in total. The fraction of sp³-hybridized carbons (Fsp3) is 0.435. The Hall–Kier alpha value is -2.03. The molecule has 2 aliphatic heterocycles. The smallest absolute Gasteiger partial charge is 0.189 e. The number of Topliss-reactive ketones (excluding diaryl/α,β-unsaturated/α-hetero) is 1. The van der Waals surface area contributed by atoms with Gasteiger partial charge in [0.15, 0.2) is 21.4 Å². The highest BCUT2D eigenvalue weighted by Gasteiger charge is 2.61. The molecule has 3 atom stereocenters. The van der Waals surface area contributed by atoms with Crippen molar-refractivity contribution in [3.05, 3.63) is 58.6 Å². The summed E-state index contributed by atoms with van der Waals surface area (Å²) in [6, 6.07) is 7.50. The Morgan fingerprint density at radius 3 is 2.53 bits per heavy atom. The predicted octanol–water partition coefficient (Wildman–Crippen LogP) is 4.84. The predicted molar refractivity (Wildman–Crippen MR) is 115 cm³/mol. The summed E-state index contributed by atoms with van der Waals surface area (Å²) >= 11 is 5.94. The molecule has 2 aliphatic rings. The number of sulfone groups is 1. The topological polar surface area (TPSA) is 69.7 Å². The second-order valence-electron chi connectivity index (χ2n) is 8.25. The minimum absolute atomic E-state index is 0.0132. The van der Waals surface area contributed by atoms with Crippen LogP contribution < -0.4 is 4.74 Å². The molecule has 0 saturated carbocycles. The Labute approximate surface area is 190 Å². The van der Waals surface area contributed by atoms with Gasteiger partial charge in [0, 0.05) is 24.0 Å². The number of hydrogen-bond acceptors (Lipinski definition) is 5. The fourth-order valence-electron chi connectivity index (χ4n) is 4.89. The Kier molecular flexibility index (Phi) is 6.31. The lowest BCUT2D eigenvalue weighted by Gasteiger charge is -2.50. The molecule has 4 rings (SSSR count). The minimum Gasteiger partial charge on any atom is -0.490 e. The van der Waals surface area contributed by atoms with Crippen molar-refractivity contribution in [3.63, 3.8) is 0 Å². The van der Waals surface area contributed by atoms with Gasteiger partial charge in [-0.3, -0.25) is 0 Å². The number of hydrogen-bond donors (Lipinski definition) is 0. The summed E-state index contributed by atoms with van der Waals surface area (Å²) < 4.78 is 67.8. The second-order valence-corrected chi connectivity index (χ2v) is 10.9. The van der Waals surface area contributed by atoms with Gasteiger partial charge in [-0.25, -0.2) is 17.2 Å². The van der Waals surface area contributed by atoms with Gasteiger partial charge in [-0.05, 0) is 62.6 Å². The molecule has 0 spiro atoms. The fourth-order valence-corrected chi connectivity index (χ4v) is 7.36. The molecule has 32 heavy (non-hydrogen) atoms. The maximum Gasteiger partial charge on any atom is 0.189 e. The molecule has 0 bridgehead atoms. The molecule has 2 aromatic rings. The summed E-state index contributed by atoms with van der Waals surface area (Å²) in [5.41, 5.74) is -0.288. The molecule has 9 heteroatoms. The quantitative estimate of drug-likeness (QED) is 0.586. The molecule has 2 heterocycles. The first-order chi connectivity index (χ1) is 15.2. The largest absolute Gasteiger partial charge is 0.490 e. The van der Waals surface area contributed by atoms with Gasteiger partial charge >= 0.3 is 0 Å². The second kappa shape index (κ2) is 8.72. The van der Waals surface area contributed by atoms with Crippen molar-refractivity contribution in [2.45, 2.75) is 48.4 Å². The van der Waals surface area contributed by atoms with E-state index in [0.29, 0.717) is 24.3 Å². The summed E-state index contributed by atoms with van der Waals surface area (Å²) in [5.74, 6) is -2.80. The van der Waals surface area contributed by atoms with Crippen molar-refractivity contribution in [3.8, 4) is 5.75 Å². The van der Waals surface area contributed by atoms with E-state index >= 15 is 4.39 Å². The van der Waals surface area contributed by atoms with E-state index in [2.05, 4.69) is 0 Å². The molecule has 1 fully saturated rings. The number of ether oxygens (including phenoxy) is 2. The minimum atomic E-state index is -4.22. The Morgan fingerprint density at radius 1 is 1.16 bits per heavy atom. The van der Waals surface area contributed by atoms with E-state index in [1.54, 1.807) is 0 Å². The summed E-state index contributed by atoms with van der Waals surface area (Å²) in [6.45, 7) is 1.38. The van der Waals surface area contributed by atoms with Gasteiger partial charge in [0.05, 0.1) is 23.2 Å². The summed E-state index contributed by atoms with van der Waals surface area (Å²) in [6.07, 6.45) is 0.567. The highest BCUT2D eigenvalue weighted by molar-refractivity contribution is 7.92. The zero-order valence-electron chi connectivity index (χ0n) is 17.4. The molecule has 0 aliphatic carbocycles. The lowest BCUT2D eigenvalue weighted by Crippen LogP contribution is -2.57. The van der Waals surface area contributed by atoms with Crippen LogP contribution in [0.3, 0.4) is 0 Å². The Balaban J connectivity index is 1.90. The lowest BCUT2D eigenvalue weighted by atomic mass is 9.75. The molecule has 0 N–H and O–H groups in total. The van der Waals surface area contributed by atoms with Crippen LogP contribution in [0.4, 0.5) is 8.78 Å². The first kappa shape index (κ1) is 23.1. The van der Waals surface area contributed by atoms with E-state index in [-0.39, 0.29) is 41.6 Å². The van der Waals surface area contributed by atoms with Gasteiger partial charge in [0.2, 0.25) is 0 Å². The van der Waals surface area contributed by atoms with Gasteiger partial charge in [-0.2, -0.15) is 0 Å². The van der Waals surface area contributed by atoms with Gasteiger partial charge in [-0.1, -0.05) is 11.6 Å². The van der Waals surface area contributed by atoms with Gasteiger partial charge in [0.25, 0.3) is 0 Å². The van der Waals surface area contributed by atoms with Crippen LogP contribution in [-0.4, -0.2) is 33.5 Å². The van der Waals surface area contributed by atoms with E-state index in [9.17, 15) is 17.6 Å². The van der Waals surface area contributed by atoms with Crippen molar-refractivity contribution in [1.29, 1.82) is 0 Å². The van der Waals surface area contributed by atoms with Crippen LogP contribution in [0, 0.1) is 17.6 Å². The van der Waals surface area contributed by atoms with Crippen LogP contribution in [-0.2, 0) is 24.1 Å². The lowest BCUT2D eigenvalue weighted by molar-refractivity contribution is -0.117. The molecule has 1 saturated heterocycles. The number of rotatable bonds is 6. The number of carbonyl (C=O) groups excluding carboxylic acids is 1. The average Bonchev–Trinajstić information content (AvgIpc) is 2.75. The number of carbonyl (C=O) groups is 1. The van der Waals surface area contributed by atoms with E-state index in [4.69, 9.17) is 21.1 Å². The summed E-state index contributed by atoms with van der Waals surface area (Å²) in [5, 5.41) is 0.358. The van der Waals surface area contributed by atoms with Crippen LogP contribution in [0.1, 0.15) is 38.2 Å². The first-order valence-corrected chi connectivity index (χ1v) is 12.3. The van der Waals surface area contributed by atoms with E-state index in [0.717, 1.165) is 12.1 Å². The maximum absolute atomic E-state index is 15.2. The first-order valence-electron chi connectivity index (χ1n) is 10.4. The van der Waals surface area contributed by atoms with Crippen molar-refractivity contribution in [2.24, 2.45) is 5.92 Å². The van der Waals surface area contributed by atoms with E-state index in [1.165, 1.54) is 31.2 Å². The third kappa shape index (κ3) is 3.72. The zero-order valence-corrected chi connectivity index (χ0v) is 19.0. The molecule has 2 aromatic carbocycles. The van der Waals surface area contributed by atoms with Crippen molar-refractivity contribution < 1.29 is 31.5 Å². The van der Waals surface area contributed by atoms with Crippen LogP contribution >= 0.6 is 11.6 Å². The molecule has 0 aromatic heterocycles. The molecule has 0 unspecified atom stereocenters. The molecular weight excluding hydrogens is 462 g/mol. The van der Waals surface area contributed by atoms with Gasteiger partial charge in [0.1, 0.15) is 16.3 Å². The molecule has 0 radical (unpaired) electrons. The maximum atomic E-state index is 15.2. The third-order valence-electron chi connectivity index (χ3n) is 6.36. The highest BCUT2D eigenvalue weighted by Crippen LogP contribution is 2.56. The Bertz CT molecular complexity index is 1140. The number of benzene rings is 2. The summed E-state index contributed by atoms with van der Waals surface area (Å²) in [7, 11) is -4.22. The van der Waals surface area contributed by atoms with Gasteiger partial charge in [-0.15, -0.1) is 0 Å². The van der Waals surface area contributed by atoms with E-state index in [1.807, 2.05) is 0 Å². The van der Waals surface area contributed by atoms with Gasteiger partial charge < -0.3 is 14.3 Å². The van der Waals surface area contributed by atoms with Crippen molar-refractivity contribution >= 4 is 27.2 Å². The zero-order chi connectivity index (χ0) is 23.1. The van der Waals surface area contributed by atoms with Crippen LogP contribution in [0.15, 0.2) is 41.3 Å². The molecule has 0 amide bonds. The standard InChI is InChI=1S/C23H23ClF2O5S/c1-14(27)3-2-4-20-17-13-31-22-19(26)10-9-18(25)21(22)23(17,11-12-30-20)32(28,29)16-7-5-15(24)6-8-16/h5-10,17,20H,2-4,11-13H2,1H3/t17-,20-,23-/m0/s1. The highest BCUT2D eigenvalue weighted by atomic mass is 35.5. The van der Waals surface area contributed by atoms with E-state index < -0.39 is 38.2 Å². The number of fused-ring (bicyclic) bond motifs is 3. The number of halogens is 3. The molecular formula is C23H23ClF2O5S. The number of ketones is 1. The summed E-state index contributed by atoms with van der Waals surface area (Å²) in [4.78, 5) is 11.4. The average molecular weight is 485 g/mol. The van der Waals surface area contributed by atoms with Crippen molar-refractivity contribution in [1.82, 2.24) is 0 Å². The van der Waals surface area contributed by atoms with Crippen LogP contribution in [0.5, 0.6) is 5.75 Å². The normalized spacial score (nSPS) is 24.9. The van der Waals surface area contributed by atoms with Crippen molar-refractivity contribution in [2.75, 3.05) is 13.2 Å². The SMILES string of the molecule is CC(=O)CCC[C@@H]1OCC[C@@]2(S(=O)(=O)c3ccc(Cl)cc3)c3c(F)ccc(F)c3OC[C@@H]12.